The van der Waals surface area contributed by atoms with Gasteiger partial charge in [-0.05, 0) is 55.9 Å². The normalized spacial score (nSPS) is 14.4. The number of carbonyl (C=O) groups excluding carboxylic acids is 1. The SMILES string of the molecule is CC(=O)N1CCCSc2ccc(S(=O)(=O)NCCCN(C)Cc3ccccc3)cc21. The van der Waals surface area contributed by atoms with Crippen LogP contribution in [-0.2, 0) is 21.4 Å². The minimum atomic E-state index is -3.63. The molecule has 1 N–H and O–H groups in total. The lowest BCUT2D eigenvalue weighted by Gasteiger charge is -2.21. The Morgan fingerprint density at radius 1 is 1.20 bits per heavy atom. The van der Waals surface area contributed by atoms with Crippen LogP contribution in [0.2, 0.25) is 0 Å². The Morgan fingerprint density at radius 2 is 1.97 bits per heavy atom. The van der Waals surface area contributed by atoms with Gasteiger partial charge in [-0.25, -0.2) is 13.1 Å². The quantitative estimate of drug-likeness (QED) is 0.629. The lowest BCUT2D eigenvalue weighted by Crippen LogP contribution is -2.30. The van der Waals surface area contributed by atoms with E-state index in [0.717, 1.165) is 30.2 Å². The van der Waals surface area contributed by atoms with Gasteiger partial charge in [-0.3, -0.25) is 4.79 Å². The van der Waals surface area contributed by atoms with Crippen molar-refractivity contribution in [1.82, 2.24) is 9.62 Å². The van der Waals surface area contributed by atoms with E-state index >= 15 is 0 Å². The molecule has 1 aliphatic heterocycles. The van der Waals surface area contributed by atoms with Crippen LogP contribution in [0.5, 0.6) is 0 Å². The minimum Gasteiger partial charge on any atom is -0.311 e. The van der Waals surface area contributed by atoms with Crippen molar-refractivity contribution in [2.75, 3.05) is 37.3 Å². The largest absolute Gasteiger partial charge is 0.311 e. The molecule has 0 spiro atoms. The molecule has 8 heteroatoms. The molecule has 162 valence electrons. The van der Waals surface area contributed by atoms with Crippen LogP contribution in [0.25, 0.3) is 0 Å². The molecule has 0 fully saturated rings. The topological polar surface area (TPSA) is 69.7 Å². The van der Waals surface area contributed by atoms with Gasteiger partial charge in [0.15, 0.2) is 0 Å². The molecule has 0 aromatic heterocycles. The number of nitrogens with one attached hydrogen (secondary N) is 1. The highest BCUT2D eigenvalue weighted by Crippen LogP contribution is 2.35. The summed E-state index contributed by atoms with van der Waals surface area (Å²) in [5.74, 6) is 0.847. The van der Waals surface area contributed by atoms with Gasteiger partial charge in [-0.15, -0.1) is 11.8 Å². The van der Waals surface area contributed by atoms with E-state index in [1.807, 2.05) is 31.3 Å². The van der Waals surface area contributed by atoms with Crippen molar-refractivity contribution in [3.63, 3.8) is 0 Å². The molecule has 0 saturated heterocycles. The Hall–Kier alpha value is -1.87. The van der Waals surface area contributed by atoms with E-state index in [2.05, 4.69) is 21.8 Å². The molecule has 0 aliphatic carbocycles. The van der Waals surface area contributed by atoms with Crippen molar-refractivity contribution >= 4 is 33.4 Å². The summed E-state index contributed by atoms with van der Waals surface area (Å²) < 4.78 is 28.3. The van der Waals surface area contributed by atoms with Crippen molar-refractivity contribution in [2.45, 2.75) is 36.1 Å². The lowest BCUT2D eigenvalue weighted by molar-refractivity contribution is -0.116. The maximum Gasteiger partial charge on any atom is 0.240 e. The van der Waals surface area contributed by atoms with E-state index in [0.29, 0.717) is 25.2 Å². The maximum atomic E-state index is 12.8. The number of hydrogen-bond donors (Lipinski definition) is 1. The fourth-order valence-electron chi connectivity index (χ4n) is 3.46. The fourth-order valence-corrected chi connectivity index (χ4v) is 5.53. The Morgan fingerprint density at radius 3 is 2.70 bits per heavy atom. The van der Waals surface area contributed by atoms with E-state index in [9.17, 15) is 13.2 Å². The van der Waals surface area contributed by atoms with Crippen LogP contribution in [-0.4, -0.2) is 51.7 Å². The smallest absolute Gasteiger partial charge is 0.240 e. The van der Waals surface area contributed by atoms with Crippen molar-refractivity contribution < 1.29 is 13.2 Å². The summed E-state index contributed by atoms with van der Waals surface area (Å²) >= 11 is 1.66. The number of hydrogen-bond acceptors (Lipinski definition) is 5. The number of fused-ring (bicyclic) bond motifs is 1. The van der Waals surface area contributed by atoms with Crippen LogP contribution < -0.4 is 9.62 Å². The molecule has 0 saturated carbocycles. The number of carbonyl (C=O) groups is 1. The molecule has 3 rings (SSSR count). The van der Waals surface area contributed by atoms with Gasteiger partial charge in [0.1, 0.15) is 0 Å². The molecule has 0 bridgehead atoms. The van der Waals surface area contributed by atoms with Crippen LogP contribution in [0.15, 0.2) is 58.3 Å². The molecule has 30 heavy (non-hydrogen) atoms. The first-order valence-corrected chi connectivity index (χ1v) is 12.6. The van der Waals surface area contributed by atoms with Crippen molar-refractivity contribution in [3.05, 3.63) is 54.1 Å². The summed E-state index contributed by atoms with van der Waals surface area (Å²) in [5.41, 5.74) is 1.92. The molecule has 1 amide bonds. The third-order valence-electron chi connectivity index (χ3n) is 5.00. The van der Waals surface area contributed by atoms with Crippen LogP contribution in [0, 0.1) is 0 Å². The van der Waals surface area contributed by atoms with E-state index in [1.54, 1.807) is 28.8 Å². The summed E-state index contributed by atoms with van der Waals surface area (Å²) in [6.07, 6.45) is 1.60. The van der Waals surface area contributed by atoms with Gasteiger partial charge >= 0.3 is 0 Å². The number of thioether (sulfide) groups is 1. The molecule has 1 aliphatic rings. The van der Waals surface area contributed by atoms with Crippen LogP contribution >= 0.6 is 11.8 Å². The number of sulfonamides is 1. The highest BCUT2D eigenvalue weighted by atomic mass is 32.2. The van der Waals surface area contributed by atoms with Gasteiger partial charge in [0.2, 0.25) is 15.9 Å². The molecular formula is C22H29N3O3S2. The predicted molar refractivity (Wildman–Crippen MR) is 122 cm³/mol. The average Bonchev–Trinajstić information content (AvgIpc) is 2.94. The molecule has 6 nitrogen and oxygen atoms in total. The van der Waals surface area contributed by atoms with Crippen LogP contribution in [0.1, 0.15) is 25.3 Å². The zero-order valence-corrected chi connectivity index (χ0v) is 19.1. The molecule has 0 radical (unpaired) electrons. The first-order chi connectivity index (χ1) is 14.4. The van der Waals surface area contributed by atoms with E-state index in [-0.39, 0.29) is 10.8 Å². The Balaban J connectivity index is 1.58. The second kappa shape index (κ2) is 10.4. The molecular weight excluding hydrogens is 418 g/mol. The zero-order valence-electron chi connectivity index (χ0n) is 17.5. The summed E-state index contributed by atoms with van der Waals surface area (Å²) in [4.78, 5) is 17.0. The van der Waals surface area contributed by atoms with Gasteiger partial charge < -0.3 is 9.80 Å². The number of amides is 1. The van der Waals surface area contributed by atoms with Gasteiger partial charge in [-0.2, -0.15) is 0 Å². The maximum absolute atomic E-state index is 12.8. The zero-order chi connectivity index (χ0) is 21.6. The molecule has 1 heterocycles. The van der Waals surface area contributed by atoms with Gasteiger partial charge in [-0.1, -0.05) is 30.3 Å². The first-order valence-electron chi connectivity index (χ1n) is 10.1. The summed E-state index contributed by atoms with van der Waals surface area (Å²) in [7, 11) is -1.60. The number of rotatable bonds is 8. The first kappa shape index (κ1) is 22.8. The Labute approximate surface area is 183 Å². The van der Waals surface area contributed by atoms with E-state index in [4.69, 9.17) is 0 Å². The highest BCUT2D eigenvalue weighted by Gasteiger charge is 2.22. The lowest BCUT2D eigenvalue weighted by atomic mass is 10.2. The van der Waals surface area contributed by atoms with Crippen LogP contribution in [0.4, 0.5) is 5.69 Å². The van der Waals surface area contributed by atoms with Gasteiger partial charge in [0.25, 0.3) is 0 Å². The summed E-state index contributed by atoms with van der Waals surface area (Å²) in [6.45, 7) is 4.11. The Kier molecular flexibility index (Phi) is 7.93. The number of nitrogens with zero attached hydrogens (tertiary/aromatic N) is 2. The standard InChI is InChI=1S/C22H29N3O3S2/c1-18(26)25-14-7-15-29-22-11-10-20(16-21(22)25)30(27,28)23-12-6-13-24(2)17-19-8-4-3-5-9-19/h3-5,8-11,16,23H,6-7,12-15,17H2,1-2H3. The van der Waals surface area contributed by atoms with Gasteiger partial charge in [0.05, 0.1) is 10.6 Å². The third kappa shape index (κ3) is 6.07. The van der Waals surface area contributed by atoms with Crippen molar-refractivity contribution in [3.8, 4) is 0 Å². The molecule has 2 aromatic rings. The van der Waals surface area contributed by atoms with E-state index < -0.39 is 10.0 Å². The predicted octanol–water partition coefficient (Wildman–Crippen LogP) is 3.34. The Bertz CT molecular complexity index is 965. The third-order valence-corrected chi connectivity index (χ3v) is 7.61. The second-order valence-corrected chi connectivity index (χ2v) is 10.4. The molecule has 2 aromatic carbocycles. The summed E-state index contributed by atoms with van der Waals surface area (Å²) in [6, 6.07) is 15.3. The molecule has 0 unspecified atom stereocenters. The van der Waals surface area contributed by atoms with Crippen molar-refractivity contribution in [1.29, 1.82) is 0 Å². The van der Waals surface area contributed by atoms with Gasteiger partial charge in [0, 0.05) is 31.5 Å². The second-order valence-electron chi connectivity index (χ2n) is 7.48. The summed E-state index contributed by atoms with van der Waals surface area (Å²) in [5, 5.41) is 0. The monoisotopic (exact) mass is 447 g/mol. The average molecular weight is 448 g/mol. The number of anilines is 1. The van der Waals surface area contributed by atoms with E-state index in [1.165, 1.54) is 12.5 Å². The van der Waals surface area contributed by atoms with Crippen molar-refractivity contribution in [2.24, 2.45) is 0 Å². The highest BCUT2D eigenvalue weighted by molar-refractivity contribution is 7.99. The fraction of sp³-hybridized carbons (Fsp3) is 0.409. The van der Waals surface area contributed by atoms with Crippen LogP contribution in [0.3, 0.4) is 0 Å². The number of benzene rings is 2. The minimum absolute atomic E-state index is 0.0669. The molecule has 0 atom stereocenters.